The smallest absolute Gasteiger partial charge is 0.283 e. The van der Waals surface area contributed by atoms with Crippen LogP contribution in [-0.2, 0) is 9.84 Å². The average molecular weight is 636 g/mol. The first-order chi connectivity index (χ1) is 17.1. The fraction of sp³-hybridized carbons (Fsp3) is 0.273. The minimum atomic E-state index is -4.22. The lowest BCUT2D eigenvalue weighted by atomic mass is 10.1. The molecule has 7 nitrogen and oxygen atoms in total. The summed E-state index contributed by atoms with van der Waals surface area (Å²) in [5, 5.41) is 5.13. The number of carbonyl (C=O) groups is 1. The lowest BCUT2D eigenvalue weighted by Crippen LogP contribution is -2.58. The minimum Gasteiger partial charge on any atom is -0.283 e. The zero-order valence-electron chi connectivity index (χ0n) is 19.2. The third-order valence-electron chi connectivity index (χ3n) is 5.30. The standard InChI is InChI=1S/C22H17Cl3F4N4O3S.ClH/c1-37(35,36)19-17(20(34)31-32-10-21(26,27)9-22(28,29)11-32)30-33(16-7-6-14(24)8-15(16)25)18(19)12-2-4-13(23)5-3-12;/h2-8H,9-11H2,1H3,(H,31,34);1H. The lowest BCUT2D eigenvalue weighted by Gasteiger charge is -2.36. The van der Waals surface area contributed by atoms with Crippen molar-refractivity contribution in [2.45, 2.75) is 23.2 Å². The highest BCUT2D eigenvalue weighted by atomic mass is 35.5. The van der Waals surface area contributed by atoms with Gasteiger partial charge in [0.25, 0.3) is 17.8 Å². The number of halogens is 8. The monoisotopic (exact) mass is 634 g/mol. The van der Waals surface area contributed by atoms with Crippen molar-refractivity contribution in [2.75, 3.05) is 19.3 Å². The van der Waals surface area contributed by atoms with Crippen molar-refractivity contribution in [1.29, 1.82) is 0 Å². The fourth-order valence-electron chi connectivity index (χ4n) is 3.97. The van der Waals surface area contributed by atoms with E-state index in [-0.39, 0.29) is 39.4 Å². The summed E-state index contributed by atoms with van der Waals surface area (Å²) in [6.45, 7) is -2.40. The first kappa shape index (κ1) is 30.5. The van der Waals surface area contributed by atoms with Crippen molar-refractivity contribution in [1.82, 2.24) is 20.2 Å². The molecule has 0 atom stereocenters. The molecule has 0 bridgehead atoms. The first-order valence-electron chi connectivity index (χ1n) is 10.4. The second kappa shape index (κ2) is 10.8. The van der Waals surface area contributed by atoms with Crippen LogP contribution >= 0.6 is 47.2 Å². The van der Waals surface area contributed by atoms with E-state index in [2.05, 4.69) is 5.10 Å². The van der Waals surface area contributed by atoms with E-state index in [0.717, 1.165) is 10.9 Å². The van der Waals surface area contributed by atoms with Gasteiger partial charge in [0.15, 0.2) is 15.5 Å². The van der Waals surface area contributed by atoms with Crippen LogP contribution in [0.1, 0.15) is 16.9 Å². The van der Waals surface area contributed by atoms with E-state index in [0.29, 0.717) is 10.0 Å². The molecule has 38 heavy (non-hydrogen) atoms. The van der Waals surface area contributed by atoms with E-state index < -0.39 is 57.7 Å². The van der Waals surface area contributed by atoms with Crippen molar-refractivity contribution >= 4 is 63.0 Å². The molecule has 1 saturated heterocycles. The summed E-state index contributed by atoms with van der Waals surface area (Å²) in [7, 11) is -4.22. The van der Waals surface area contributed by atoms with Gasteiger partial charge in [0.2, 0.25) is 0 Å². The number of carbonyl (C=O) groups excluding carboxylic acids is 1. The van der Waals surface area contributed by atoms with E-state index >= 15 is 0 Å². The summed E-state index contributed by atoms with van der Waals surface area (Å²) in [5.74, 6) is -8.87. The Kier molecular flexibility index (Phi) is 8.67. The molecule has 206 valence electrons. The Morgan fingerprint density at radius 3 is 2.05 bits per heavy atom. The Balaban J connectivity index is 0.00000400. The van der Waals surface area contributed by atoms with E-state index in [1.807, 2.05) is 5.43 Å². The highest BCUT2D eigenvalue weighted by Crippen LogP contribution is 2.38. The van der Waals surface area contributed by atoms with Crippen molar-refractivity contribution in [2.24, 2.45) is 0 Å². The normalized spacial score (nSPS) is 17.1. The highest BCUT2D eigenvalue weighted by Gasteiger charge is 2.51. The molecule has 0 radical (unpaired) electrons. The highest BCUT2D eigenvalue weighted by molar-refractivity contribution is 7.91. The first-order valence-corrected chi connectivity index (χ1v) is 13.4. The molecule has 4 rings (SSSR count). The summed E-state index contributed by atoms with van der Waals surface area (Å²) >= 11 is 18.3. The quantitative estimate of drug-likeness (QED) is 0.351. The van der Waals surface area contributed by atoms with Gasteiger partial charge in [0.05, 0.1) is 35.9 Å². The molecule has 1 fully saturated rings. The number of piperidine rings is 1. The number of hydrogen-bond acceptors (Lipinski definition) is 5. The zero-order chi connectivity index (χ0) is 27.3. The second-order valence-electron chi connectivity index (χ2n) is 8.50. The zero-order valence-corrected chi connectivity index (χ0v) is 23.1. The van der Waals surface area contributed by atoms with Crippen molar-refractivity contribution < 1.29 is 30.8 Å². The molecule has 2 heterocycles. The second-order valence-corrected chi connectivity index (χ2v) is 11.7. The van der Waals surface area contributed by atoms with E-state index in [9.17, 15) is 30.8 Å². The van der Waals surface area contributed by atoms with Crippen LogP contribution in [0.3, 0.4) is 0 Å². The van der Waals surface area contributed by atoms with Gasteiger partial charge in [-0.05, 0) is 30.3 Å². The number of hydrazine groups is 1. The molecular formula is C22H18Cl4F4N4O3S. The third-order valence-corrected chi connectivity index (χ3v) is 7.22. The summed E-state index contributed by atoms with van der Waals surface area (Å²) < 4.78 is 82.4. The maximum Gasteiger partial charge on any atom is 0.287 e. The summed E-state index contributed by atoms with van der Waals surface area (Å²) in [6, 6.07) is 10.1. The summed E-state index contributed by atoms with van der Waals surface area (Å²) in [6.07, 6.45) is -0.859. The van der Waals surface area contributed by atoms with Crippen LogP contribution in [0.2, 0.25) is 15.1 Å². The van der Waals surface area contributed by atoms with E-state index in [1.165, 1.54) is 42.5 Å². The van der Waals surface area contributed by atoms with Gasteiger partial charge in [0.1, 0.15) is 4.90 Å². The van der Waals surface area contributed by atoms with Gasteiger partial charge in [-0.1, -0.05) is 46.9 Å². The van der Waals surface area contributed by atoms with Gasteiger partial charge >= 0.3 is 0 Å². The van der Waals surface area contributed by atoms with Crippen LogP contribution in [0.4, 0.5) is 17.6 Å². The fourth-order valence-corrected chi connectivity index (χ4v) is 5.63. The van der Waals surface area contributed by atoms with Gasteiger partial charge in [-0.15, -0.1) is 12.4 Å². The SMILES string of the molecule is CS(=O)(=O)c1c(C(=O)NN2CC(F)(F)CC(F)(F)C2)nn(-c2ccc(Cl)cc2Cl)c1-c1ccc(Cl)cc1.Cl. The Labute approximate surface area is 235 Å². The number of hydrogen-bond donors (Lipinski definition) is 1. The van der Waals surface area contributed by atoms with Crippen LogP contribution in [0.25, 0.3) is 16.9 Å². The number of amides is 1. The molecule has 3 aromatic rings. The Hall–Kier alpha value is -2.09. The van der Waals surface area contributed by atoms with E-state index in [4.69, 9.17) is 34.8 Å². The van der Waals surface area contributed by atoms with Crippen molar-refractivity contribution in [3.8, 4) is 16.9 Å². The third kappa shape index (κ3) is 6.54. The van der Waals surface area contributed by atoms with Gasteiger partial charge in [-0.2, -0.15) is 5.10 Å². The molecule has 1 aliphatic heterocycles. The number of benzene rings is 2. The molecule has 1 N–H and O–H groups in total. The van der Waals surface area contributed by atoms with Gasteiger partial charge < -0.3 is 0 Å². The van der Waals surface area contributed by atoms with Crippen LogP contribution in [0.5, 0.6) is 0 Å². The maximum atomic E-state index is 13.9. The maximum absolute atomic E-state index is 13.9. The topological polar surface area (TPSA) is 84.3 Å². The lowest BCUT2D eigenvalue weighted by molar-refractivity contribution is -0.178. The van der Waals surface area contributed by atoms with Crippen LogP contribution < -0.4 is 5.43 Å². The molecule has 1 aliphatic rings. The largest absolute Gasteiger partial charge is 0.287 e. The van der Waals surface area contributed by atoms with Crippen molar-refractivity contribution in [3.63, 3.8) is 0 Å². The number of aromatic nitrogens is 2. The molecule has 0 aliphatic carbocycles. The van der Waals surface area contributed by atoms with Gasteiger partial charge in [0, 0.05) is 21.9 Å². The predicted molar refractivity (Wildman–Crippen MR) is 138 cm³/mol. The Morgan fingerprint density at radius 2 is 1.53 bits per heavy atom. The van der Waals surface area contributed by atoms with Crippen LogP contribution in [-0.4, -0.2) is 60.3 Å². The molecule has 0 saturated carbocycles. The summed E-state index contributed by atoms with van der Waals surface area (Å²) in [4.78, 5) is 12.6. The van der Waals surface area contributed by atoms with Crippen molar-refractivity contribution in [3.05, 3.63) is 63.2 Å². The number of nitrogens with zero attached hydrogens (tertiary/aromatic N) is 3. The van der Waals surface area contributed by atoms with E-state index in [1.54, 1.807) is 0 Å². The summed E-state index contributed by atoms with van der Waals surface area (Å²) in [5.41, 5.74) is 1.54. The van der Waals surface area contributed by atoms with Gasteiger partial charge in [-0.25, -0.2) is 35.7 Å². The number of rotatable bonds is 5. The number of sulfone groups is 1. The predicted octanol–water partition coefficient (Wildman–Crippen LogP) is 5.95. The number of alkyl halides is 4. The molecule has 0 unspecified atom stereocenters. The molecule has 2 aromatic carbocycles. The van der Waals surface area contributed by atoms with Crippen LogP contribution in [0.15, 0.2) is 47.4 Å². The molecular weight excluding hydrogens is 618 g/mol. The molecule has 1 amide bonds. The van der Waals surface area contributed by atoms with Crippen LogP contribution in [0, 0.1) is 0 Å². The Bertz CT molecular complexity index is 1470. The number of nitrogens with one attached hydrogen (secondary N) is 1. The Morgan fingerprint density at radius 1 is 0.974 bits per heavy atom. The average Bonchev–Trinajstić information content (AvgIpc) is 3.13. The molecule has 0 spiro atoms. The minimum absolute atomic E-state index is 0. The molecule has 16 heteroatoms. The molecule has 1 aromatic heterocycles. The van der Waals surface area contributed by atoms with Gasteiger partial charge in [-0.3, -0.25) is 10.2 Å².